The summed E-state index contributed by atoms with van der Waals surface area (Å²) in [7, 11) is 0. The molecule has 3 rings (SSSR count). The Kier molecular flexibility index (Phi) is 2.86. The van der Waals surface area contributed by atoms with Gasteiger partial charge >= 0.3 is 0 Å². The van der Waals surface area contributed by atoms with E-state index in [1.165, 1.54) is 11.1 Å². The fraction of sp³-hybridized carbons (Fsp3) is 0.267. The number of aryl methyl sites for hydroxylation is 1. The first-order valence-corrected chi connectivity index (χ1v) is 6.26. The van der Waals surface area contributed by atoms with Crippen LogP contribution in [0.5, 0.6) is 0 Å². The van der Waals surface area contributed by atoms with Crippen LogP contribution in [0.3, 0.4) is 0 Å². The van der Waals surface area contributed by atoms with Crippen molar-refractivity contribution >= 4 is 0 Å². The average molecular weight is 239 g/mol. The number of nitrogens with two attached hydrogens (primary N) is 1. The van der Waals surface area contributed by atoms with E-state index in [1.54, 1.807) is 0 Å². The summed E-state index contributed by atoms with van der Waals surface area (Å²) < 4.78 is 0. The maximum absolute atomic E-state index is 5.73. The molecule has 1 aromatic carbocycles. The molecule has 0 aliphatic heterocycles. The first kappa shape index (κ1) is 11.4. The lowest BCUT2D eigenvalue weighted by atomic mass is 9.72. The van der Waals surface area contributed by atoms with Crippen LogP contribution in [0.1, 0.15) is 34.3 Å². The van der Waals surface area contributed by atoms with Gasteiger partial charge in [-0.3, -0.25) is 16.3 Å². The van der Waals surface area contributed by atoms with E-state index in [0.717, 1.165) is 17.7 Å². The van der Waals surface area contributed by atoms with Gasteiger partial charge in [0.2, 0.25) is 0 Å². The Labute approximate surface area is 107 Å². The fourth-order valence-electron chi connectivity index (χ4n) is 2.70. The topological polar surface area (TPSA) is 50.9 Å². The second kappa shape index (κ2) is 4.52. The number of benzene rings is 1. The number of pyridine rings is 1. The number of nitrogens with one attached hydrogen (secondary N) is 1. The lowest BCUT2D eigenvalue weighted by Crippen LogP contribution is -2.37. The van der Waals surface area contributed by atoms with Gasteiger partial charge in [-0.05, 0) is 36.1 Å². The molecule has 1 heterocycles. The van der Waals surface area contributed by atoms with Gasteiger partial charge in [0.05, 0.1) is 6.04 Å². The molecule has 1 aliphatic rings. The van der Waals surface area contributed by atoms with Gasteiger partial charge in [-0.25, -0.2) is 0 Å². The summed E-state index contributed by atoms with van der Waals surface area (Å²) in [5.74, 6) is 6.19. The molecule has 92 valence electrons. The minimum absolute atomic E-state index is 0.146. The first-order valence-electron chi connectivity index (χ1n) is 6.26. The molecule has 18 heavy (non-hydrogen) atoms. The van der Waals surface area contributed by atoms with Crippen LogP contribution in [0.4, 0.5) is 0 Å². The lowest BCUT2D eigenvalue weighted by Gasteiger charge is -2.36. The number of nitrogens with zero attached hydrogens (tertiary/aromatic N) is 1. The maximum atomic E-state index is 5.73. The lowest BCUT2D eigenvalue weighted by molar-refractivity contribution is 0.418. The second-order valence-corrected chi connectivity index (χ2v) is 4.89. The fourth-order valence-corrected chi connectivity index (χ4v) is 2.70. The van der Waals surface area contributed by atoms with E-state index in [1.807, 2.05) is 19.2 Å². The van der Waals surface area contributed by atoms with Crippen molar-refractivity contribution < 1.29 is 0 Å². The van der Waals surface area contributed by atoms with Crippen LogP contribution in [0.15, 0.2) is 42.6 Å². The normalized spacial score (nSPS) is 18.9. The SMILES string of the molecule is Cc1ccc(C(NN)C2Cc3ccccc32)cn1. The van der Waals surface area contributed by atoms with E-state index in [-0.39, 0.29) is 6.04 Å². The maximum Gasteiger partial charge on any atom is 0.0547 e. The Hall–Kier alpha value is -1.71. The molecule has 3 heteroatoms. The largest absolute Gasteiger partial charge is 0.271 e. The number of fused-ring (bicyclic) bond motifs is 1. The molecule has 1 aromatic heterocycles. The molecule has 0 fully saturated rings. The molecular weight excluding hydrogens is 222 g/mol. The van der Waals surface area contributed by atoms with E-state index >= 15 is 0 Å². The third-order valence-corrected chi connectivity index (χ3v) is 3.77. The van der Waals surface area contributed by atoms with Crippen molar-refractivity contribution in [2.45, 2.75) is 25.3 Å². The van der Waals surface area contributed by atoms with E-state index in [4.69, 9.17) is 5.84 Å². The van der Waals surface area contributed by atoms with Crippen LogP contribution >= 0.6 is 0 Å². The number of hydrogen-bond acceptors (Lipinski definition) is 3. The molecule has 3 N–H and O–H groups in total. The molecule has 0 amide bonds. The van der Waals surface area contributed by atoms with E-state index in [0.29, 0.717) is 5.92 Å². The Morgan fingerprint density at radius 3 is 2.78 bits per heavy atom. The summed E-state index contributed by atoms with van der Waals surface area (Å²) in [5, 5.41) is 0. The third-order valence-electron chi connectivity index (χ3n) is 3.77. The van der Waals surface area contributed by atoms with Gasteiger partial charge in [-0.2, -0.15) is 0 Å². The van der Waals surface area contributed by atoms with Crippen LogP contribution in [0.25, 0.3) is 0 Å². The minimum atomic E-state index is 0.146. The Bertz CT molecular complexity index is 548. The zero-order chi connectivity index (χ0) is 12.5. The second-order valence-electron chi connectivity index (χ2n) is 4.89. The molecule has 2 atom stereocenters. The van der Waals surface area contributed by atoms with Crippen molar-refractivity contribution in [3.63, 3.8) is 0 Å². The summed E-state index contributed by atoms with van der Waals surface area (Å²) in [6.45, 7) is 1.99. The zero-order valence-electron chi connectivity index (χ0n) is 10.4. The molecule has 0 saturated carbocycles. The van der Waals surface area contributed by atoms with Gasteiger partial charge in [-0.15, -0.1) is 0 Å². The Morgan fingerprint density at radius 1 is 1.28 bits per heavy atom. The van der Waals surface area contributed by atoms with E-state index in [9.17, 15) is 0 Å². The van der Waals surface area contributed by atoms with Gasteiger partial charge in [0, 0.05) is 17.8 Å². The number of hydrazine groups is 1. The Morgan fingerprint density at radius 2 is 2.11 bits per heavy atom. The van der Waals surface area contributed by atoms with Crippen LogP contribution in [-0.4, -0.2) is 4.98 Å². The van der Waals surface area contributed by atoms with Crippen molar-refractivity contribution in [2.24, 2.45) is 5.84 Å². The summed E-state index contributed by atoms with van der Waals surface area (Å²) in [4.78, 5) is 4.35. The summed E-state index contributed by atoms with van der Waals surface area (Å²) >= 11 is 0. The average Bonchev–Trinajstić information content (AvgIpc) is 2.37. The van der Waals surface area contributed by atoms with Crippen LogP contribution in [0.2, 0.25) is 0 Å². The first-order chi connectivity index (χ1) is 8.79. The predicted octanol–water partition coefficient (Wildman–Crippen LogP) is 2.23. The smallest absolute Gasteiger partial charge is 0.0547 e. The van der Waals surface area contributed by atoms with Gasteiger partial charge < -0.3 is 0 Å². The highest BCUT2D eigenvalue weighted by Gasteiger charge is 2.33. The minimum Gasteiger partial charge on any atom is -0.271 e. The molecule has 0 saturated heterocycles. The molecule has 2 unspecified atom stereocenters. The molecule has 0 radical (unpaired) electrons. The summed E-state index contributed by atoms with van der Waals surface area (Å²) in [6, 6.07) is 12.8. The van der Waals surface area contributed by atoms with Gasteiger partial charge in [0.1, 0.15) is 0 Å². The molecule has 1 aliphatic carbocycles. The molecule has 2 aromatic rings. The molecular formula is C15H17N3. The van der Waals surface area contributed by atoms with Gasteiger partial charge in [-0.1, -0.05) is 30.3 Å². The van der Waals surface area contributed by atoms with Crippen LogP contribution in [-0.2, 0) is 6.42 Å². The highest BCUT2D eigenvalue weighted by atomic mass is 15.2. The van der Waals surface area contributed by atoms with Crippen molar-refractivity contribution in [2.75, 3.05) is 0 Å². The van der Waals surface area contributed by atoms with Crippen LogP contribution in [0, 0.1) is 6.92 Å². The highest BCUT2D eigenvalue weighted by Crippen LogP contribution is 2.42. The van der Waals surface area contributed by atoms with Crippen molar-refractivity contribution in [3.05, 3.63) is 65.0 Å². The molecule has 0 bridgehead atoms. The third kappa shape index (κ3) is 1.82. The van der Waals surface area contributed by atoms with Gasteiger partial charge in [0.25, 0.3) is 0 Å². The number of rotatable bonds is 3. The number of hydrogen-bond donors (Lipinski definition) is 2. The number of aromatic nitrogens is 1. The molecule has 3 nitrogen and oxygen atoms in total. The molecule has 0 spiro atoms. The monoisotopic (exact) mass is 239 g/mol. The van der Waals surface area contributed by atoms with E-state index < -0.39 is 0 Å². The zero-order valence-corrected chi connectivity index (χ0v) is 10.4. The standard InChI is InChI=1S/C15H17N3/c1-10-6-7-12(9-17-10)15(18-16)14-8-11-4-2-3-5-13(11)14/h2-7,9,14-15,18H,8,16H2,1H3. The quantitative estimate of drug-likeness (QED) is 0.638. The predicted molar refractivity (Wildman–Crippen MR) is 71.9 cm³/mol. The van der Waals surface area contributed by atoms with Crippen molar-refractivity contribution in [1.29, 1.82) is 0 Å². The van der Waals surface area contributed by atoms with E-state index in [2.05, 4.69) is 40.7 Å². The Balaban J connectivity index is 1.89. The highest BCUT2D eigenvalue weighted by molar-refractivity contribution is 5.42. The van der Waals surface area contributed by atoms with Crippen molar-refractivity contribution in [3.8, 4) is 0 Å². The summed E-state index contributed by atoms with van der Waals surface area (Å²) in [5.41, 5.74) is 7.96. The van der Waals surface area contributed by atoms with Gasteiger partial charge in [0.15, 0.2) is 0 Å². The van der Waals surface area contributed by atoms with Crippen LogP contribution < -0.4 is 11.3 Å². The summed E-state index contributed by atoms with van der Waals surface area (Å²) in [6.07, 6.45) is 3.00. The van der Waals surface area contributed by atoms with Crippen molar-refractivity contribution in [1.82, 2.24) is 10.4 Å².